The fourth-order valence-corrected chi connectivity index (χ4v) is 8.74. The number of fused-ring (bicyclic) bond motifs is 3. The number of carboxylic acid groups (broad SMARTS) is 1. The molecule has 2 aromatic heterocycles. The number of halogens is 2. The van der Waals surface area contributed by atoms with Crippen LogP contribution in [0.25, 0.3) is 21.5 Å². The molecule has 7 rings (SSSR count). The summed E-state index contributed by atoms with van der Waals surface area (Å²) in [4.78, 5) is 16.1. The maximum absolute atomic E-state index is 14.7. The molecule has 4 atom stereocenters. The monoisotopic (exact) mass is 580 g/mol. The van der Waals surface area contributed by atoms with Crippen LogP contribution in [0.15, 0.2) is 34.9 Å². The van der Waals surface area contributed by atoms with E-state index in [9.17, 15) is 14.3 Å². The Labute approximate surface area is 240 Å². The SMILES string of the molecule is Cc1cccc(Cl)c1-c1noc(C2CC2)c1COC1(C)C[C@H]2CC[C@@H](C1)C2c1nc2c(F)cc(C(=O)O)cc2s1. The van der Waals surface area contributed by atoms with Gasteiger partial charge in [0.05, 0.1) is 32.5 Å². The van der Waals surface area contributed by atoms with Crippen LogP contribution in [0, 0.1) is 24.6 Å². The number of aromatic nitrogens is 2. The minimum atomic E-state index is -1.13. The zero-order chi connectivity index (χ0) is 27.8. The first kappa shape index (κ1) is 26.1. The molecule has 2 heterocycles. The molecule has 3 aliphatic rings. The summed E-state index contributed by atoms with van der Waals surface area (Å²) in [5.41, 5.74) is 3.66. The molecular formula is C31H30ClFN2O4S. The smallest absolute Gasteiger partial charge is 0.335 e. The summed E-state index contributed by atoms with van der Waals surface area (Å²) in [5, 5.41) is 15.4. The van der Waals surface area contributed by atoms with E-state index in [1.54, 1.807) is 0 Å². The normalized spacial score (nSPS) is 26.1. The van der Waals surface area contributed by atoms with E-state index in [1.165, 1.54) is 17.4 Å². The van der Waals surface area contributed by atoms with Crippen LogP contribution in [0.5, 0.6) is 0 Å². The summed E-state index contributed by atoms with van der Waals surface area (Å²) in [6, 6.07) is 8.46. The minimum Gasteiger partial charge on any atom is -0.478 e. The minimum absolute atomic E-state index is 0.0431. The van der Waals surface area contributed by atoms with Crippen molar-refractivity contribution in [3.05, 3.63) is 68.6 Å². The highest BCUT2D eigenvalue weighted by molar-refractivity contribution is 7.18. The second-order valence-corrected chi connectivity index (χ2v) is 13.5. The molecule has 0 aliphatic heterocycles. The molecule has 3 aliphatic carbocycles. The highest BCUT2D eigenvalue weighted by Gasteiger charge is 2.50. The molecule has 2 bridgehead atoms. The van der Waals surface area contributed by atoms with Gasteiger partial charge in [-0.2, -0.15) is 0 Å². The second kappa shape index (κ2) is 9.64. The number of rotatable bonds is 7. The highest BCUT2D eigenvalue weighted by Crippen LogP contribution is 2.57. The number of nitrogens with zero attached hydrogens (tertiary/aromatic N) is 2. The zero-order valence-corrected chi connectivity index (χ0v) is 23.9. The van der Waals surface area contributed by atoms with E-state index < -0.39 is 11.8 Å². The first-order chi connectivity index (χ1) is 19.2. The van der Waals surface area contributed by atoms with Crippen LogP contribution < -0.4 is 0 Å². The first-order valence-corrected chi connectivity index (χ1v) is 15.1. The molecule has 2 aromatic carbocycles. The summed E-state index contributed by atoms with van der Waals surface area (Å²) in [7, 11) is 0. The number of hydrogen-bond acceptors (Lipinski definition) is 6. The van der Waals surface area contributed by atoms with Gasteiger partial charge in [0, 0.05) is 23.0 Å². The van der Waals surface area contributed by atoms with Crippen LogP contribution in [0.3, 0.4) is 0 Å². The predicted molar refractivity (Wildman–Crippen MR) is 152 cm³/mol. The lowest BCUT2D eigenvalue weighted by Gasteiger charge is -2.41. The molecule has 40 heavy (non-hydrogen) atoms. The molecule has 0 radical (unpaired) electrons. The van der Waals surface area contributed by atoms with Gasteiger partial charge in [0.25, 0.3) is 0 Å². The molecule has 2 unspecified atom stereocenters. The number of aromatic carboxylic acids is 1. The number of thiazole rings is 1. The Hall–Kier alpha value is -2.81. The average molecular weight is 581 g/mol. The molecule has 3 saturated carbocycles. The van der Waals surface area contributed by atoms with Crippen molar-refractivity contribution >= 4 is 39.1 Å². The van der Waals surface area contributed by atoms with Crippen LogP contribution in [0.4, 0.5) is 4.39 Å². The largest absolute Gasteiger partial charge is 0.478 e. The molecule has 6 nitrogen and oxygen atoms in total. The van der Waals surface area contributed by atoms with Gasteiger partial charge >= 0.3 is 5.97 Å². The van der Waals surface area contributed by atoms with Crippen molar-refractivity contribution < 1.29 is 23.6 Å². The van der Waals surface area contributed by atoms with Crippen molar-refractivity contribution in [2.24, 2.45) is 11.8 Å². The predicted octanol–water partition coefficient (Wildman–Crippen LogP) is 8.51. The van der Waals surface area contributed by atoms with Crippen molar-refractivity contribution in [1.82, 2.24) is 10.1 Å². The Morgan fingerprint density at radius 2 is 1.98 bits per heavy atom. The molecule has 4 aromatic rings. The fraction of sp³-hybridized carbons (Fsp3) is 0.452. The van der Waals surface area contributed by atoms with Crippen molar-refractivity contribution in [3.63, 3.8) is 0 Å². The van der Waals surface area contributed by atoms with Crippen LogP contribution >= 0.6 is 22.9 Å². The Kier molecular flexibility index (Phi) is 6.29. The molecule has 1 N–H and O–H groups in total. The van der Waals surface area contributed by atoms with Gasteiger partial charge in [0.2, 0.25) is 0 Å². The van der Waals surface area contributed by atoms with Crippen LogP contribution in [0.1, 0.15) is 89.5 Å². The van der Waals surface area contributed by atoms with Crippen LogP contribution in [-0.2, 0) is 11.3 Å². The molecule has 0 amide bonds. The maximum atomic E-state index is 14.7. The van der Waals surface area contributed by atoms with E-state index in [0.717, 1.165) is 77.7 Å². The van der Waals surface area contributed by atoms with Crippen molar-refractivity contribution in [1.29, 1.82) is 0 Å². The second-order valence-electron chi connectivity index (χ2n) is 12.0. The Balaban J connectivity index is 1.14. The van der Waals surface area contributed by atoms with Gasteiger partial charge in [-0.05, 0) is 88.0 Å². The quantitative estimate of drug-likeness (QED) is 0.236. The first-order valence-electron chi connectivity index (χ1n) is 13.9. The van der Waals surface area contributed by atoms with E-state index in [0.29, 0.717) is 34.1 Å². The number of benzene rings is 2. The Bertz CT molecular complexity index is 1610. The standard InChI is InChI=1S/C31H30ClFN2O4S/c1-15-4-3-5-21(32)24(15)26-20(28(39-35-26)16-6-7-16)14-38-31(2)12-17-8-9-18(13-31)25(17)29-34-27-22(33)10-19(30(36)37)11-23(27)40-29/h3-5,10-11,16-18,25H,6-9,12-14H2,1-2H3,(H,36,37)/t17-,18+,25?,31?. The van der Waals surface area contributed by atoms with E-state index in [1.807, 2.05) is 25.1 Å². The number of hydrogen-bond donors (Lipinski definition) is 1. The molecule has 0 spiro atoms. The number of aryl methyl sites for hydroxylation is 1. The van der Waals surface area contributed by atoms with Crippen molar-refractivity contribution in [3.8, 4) is 11.3 Å². The van der Waals surface area contributed by atoms with E-state index in [4.69, 9.17) is 20.9 Å². The topological polar surface area (TPSA) is 85.5 Å². The summed E-state index contributed by atoms with van der Waals surface area (Å²) < 4.78 is 28.0. The summed E-state index contributed by atoms with van der Waals surface area (Å²) in [6.45, 7) is 4.66. The number of carboxylic acids is 1. The van der Waals surface area contributed by atoms with Crippen molar-refractivity contribution in [2.45, 2.75) is 76.4 Å². The molecular weight excluding hydrogens is 551 g/mol. The molecule has 3 fully saturated rings. The summed E-state index contributed by atoms with van der Waals surface area (Å²) in [6.07, 6.45) is 6.14. The van der Waals surface area contributed by atoms with E-state index >= 15 is 0 Å². The van der Waals surface area contributed by atoms with Crippen LogP contribution in [0.2, 0.25) is 5.02 Å². The summed E-state index contributed by atoms with van der Waals surface area (Å²) in [5.74, 6) is 0.602. The number of ether oxygens (including phenoxy) is 1. The van der Waals surface area contributed by atoms with Gasteiger partial charge < -0.3 is 14.4 Å². The van der Waals surface area contributed by atoms with Gasteiger partial charge in [-0.3, -0.25) is 0 Å². The maximum Gasteiger partial charge on any atom is 0.335 e. The number of carbonyl (C=O) groups is 1. The molecule has 0 saturated heterocycles. The molecule has 208 valence electrons. The van der Waals surface area contributed by atoms with Gasteiger partial charge in [0.15, 0.2) is 5.82 Å². The Morgan fingerprint density at radius 3 is 2.65 bits per heavy atom. The average Bonchev–Trinajstić information content (AvgIpc) is 3.41. The molecule has 9 heteroatoms. The third-order valence-corrected chi connectivity index (χ3v) is 10.5. The van der Waals surface area contributed by atoms with Gasteiger partial charge in [0.1, 0.15) is 17.0 Å². The summed E-state index contributed by atoms with van der Waals surface area (Å²) >= 11 is 8.06. The zero-order valence-electron chi connectivity index (χ0n) is 22.4. The highest BCUT2D eigenvalue weighted by atomic mass is 35.5. The van der Waals surface area contributed by atoms with Crippen molar-refractivity contribution in [2.75, 3.05) is 0 Å². The fourth-order valence-electron chi connectivity index (χ4n) is 7.12. The van der Waals surface area contributed by atoms with Gasteiger partial charge in [-0.15, -0.1) is 11.3 Å². The lowest BCUT2D eigenvalue weighted by Crippen LogP contribution is -2.39. The lowest BCUT2D eigenvalue weighted by atomic mass is 9.71. The van der Waals surface area contributed by atoms with Gasteiger partial charge in [-0.1, -0.05) is 28.9 Å². The van der Waals surface area contributed by atoms with E-state index in [2.05, 4.69) is 17.1 Å². The Morgan fingerprint density at radius 1 is 1.23 bits per heavy atom. The third kappa shape index (κ3) is 4.45. The lowest BCUT2D eigenvalue weighted by molar-refractivity contribution is -0.0875. The van der Waals surface area contributed by atoms with Crippen LogP contribution in [-0.4, -0.2) is 26.8 Å². The third-order valence-electron chi connectivity index (χ3n) is 9.10. The van der Waals surface area contributed by atoms with E-state index in [-0.39, 0.29) is 22.6 Å². The van der Waals surface area contributed by atoms with Gasteiger partial charge in [-0.25, -0.2) is 14.2 Å².